The number of nitrogens with zero attached hydrogens (tertiary/aromatic N) is 2. The van der Waals surface area contributed by atoms with E-state index in [4.69, 9.17) is 5.73 Å². The maximum atomic E-state index is 12.6. The van der Waals surface area contributed by atoms with Gasteiger partial charge in [0, 0.05) is 19.1 Å². The molecule has 1 aromatic carbocycles. The Balaban J connectivity index is 2.20. The molecule has 1 saturated heterocycles. The molecular weight excluding hydrogens is 274 g/mol. The van der Waals surface area contributed by atoms with E-state index in [2.05, 4.69) is 4.90 Å². The lowest BCUT2D eigenvalue weighted by Gasteiger charge is -2.34. The van der Waals surface area contributed by atoms with Gasteiger partial charge in [0.1, 0.15) is 4.90 Å². The van der Waals surface area contributed by atoms with Crippen molar-refractivity contribution in [1.82, 2.24) is 9.21 Å². The zero-order valence-electron chi connectivity index (χ0n) is 12.3. The van der Waals surface area contributed by atoms with Gasteiger partial charge in [0.15, 0.2) is 0 Å². The molecule has 20 heavy (non-hydrogen) atoms. The average molecular weight is 297 g/mol. The van der Waals surface area contributed by atoms with Crippen molar-refractivity contribution in [2.45, 2.75) is 30.7 Å². The van der Waals surface area contributed by atoms with Crippen LogP contribution in [0.4, 0.5) is 5.69 Å². The lowest BCUT2D eigenvalue weighted by atomic mass is 10.1. The molecule has 1 aromatic rings. The Morgan fingerprint density at radius 1 is 1.25 bits per heavy atom. The summed E-state index contributed by atoms with van der Waals surface area (Å²) in [6.45, 7) is 3.01. The number of piperidine rings is 1. The molecule has 0 spiro atoms. The van der Waals surface area contributed by atoms with E-state index >= 15 is 0 Å². The minimum atomic E-state index is -3.47. The highest BCUT2D eigenvalue weighted by atomic mass is 32.2. The summed E-state index contributed by atoms with van der Waals surface area (Å²) < 4.78 is 26.8. The Bertz CT molecular complexity index is 576. The molecule has 5 nitrogen and oxygen atoms in total. The number of anilines is 1. The Morgan fingerprint density at radius 3 is 2.35 bits per heavy atom. The molecule has 0 bridgehead atoms. The molecular formula is C14H23N3O2S. The number of benzene rings is 1. The monoisotopic (exact) mass is 297 g/mol. The van der Waals surface area contributed by atoms with Crippen molar-refractivity contribution >= 4 is 15.7 Å². The fourth-order valence-electron chi connectivity index (χ4n) is 2.64. The van der Waals surface area contributed by atoms with Gasteiger partial charge >= 0.3 is 0 Å². The molecule has 2 rings (SSSR count). The number of nitrogens with two attached hydrogens (primary N) is 1. The zero-order chi connectivity index (χ0) is 14.9. The van der Waals surface area contributed by atoms with Crippen molar-refractivity contribution < 1.29 is 8.42 Å². The number of aryl methyl sites for hydroxylation is 1. The zero-order valence-corrected chi connectivity index (χ0v) is 13.2. The molecule has 6 heteroatoms. The molecule has 1 fully saturated rings. The summed E-state index contributed by atoms with van der Waals surface area (Å²) in [6, 6.07) is 5.56. The van der Waals surface area contributed by atoms with Crippen molar-refractivity contribution in [2.75, 3.05) is 32.9 Å². The predicted octanol–water partition coefficient (Wildman–Crippen LogP) is 1.29. The first-order valence-electron chi connectivity index (χ1n) is 6.85. The molecule has 0 aliphatic carbocycles. The molecule has 0 unspecified atom stereocenters. The summed E-state index contributed by atoms with van der Waals surface area (Å²) in [5.74, 6) is 0. The Hall–Kier alpha value is -1.11. The summed E-state index contributed by atoms with van der Waals surface area (Å²) in [6.07, 6.45) is 1.72. The van der Waals surface area contributed by atoms with Gasteiger partial charge in [0.05, 0.1) is 5.69 Å². The number of hydrogen-bond acceptors (Lipinski definition) is 4. The maximum absolute atomic E-state index is 12.6. The largest absolute Gasteiger partial charge is 0.398 e. The normalized spacial score (nSPS) is 18.6. The fraction of sp³-hybridized carbons (Fsp3) is 0.571. The van der Waals surface area contributed by atoms with Crippen LogP contribution in [-0.2, 0) is 10.0 Å². The Kier molecular flexibility index (Phi) is 4.36. The van der Waals surface area contributed by atoms with Gasteiger partial charge < -0.3 is 10.6 Å². The van der Waals surface area contributed by atoms with E-state index in [9.17, 15) is 8.42 Å². The van der Waals surface area contributed by atoms with Gasteiger partial charge in [-0.25, -0.2) is 8.42 Å². The predicted molar refractivity (Wildman–Crippen MR) is 81.1 cm³/mol. The molecule has 0 atom stereocenters. The van der Waals surface area contributed by atoms with Gasteiger partial charge in [0.2, 0.25) is 10.0 Å². The van der Waals surface area contributed by atoms with Gasteiger partial charge in [-0.05, 0) is 51.6 Å². The van der Waals surface area contributed by atoms with Crippen LogP contribution in [0.2, 0.25) is 0 Å². The third-order valence-corrected chi connectivity index (χ3v) is 5.91. The molecule has 0 saturated carbocycles. The van der Waals surface area contributed by atoms with Crippen LogP contribution in [-0.4, -0.2) is 50.8 Å². The lowest BCUT2D eigenvalue weighted by molar-refractivity contribution is 0.196. The molecule has 112 valence electrons. The standard InChI is InChI=1S/C14H23N3O2S/c1-11-4-5-14(13(15)10-11)20(18,19)17-8-6-12(7-9-17)16(2)3/h4-5,10,12H,6-9,15H2,1-3H3. The first-order chi connectivity index (χ1) is 9.32. The smallest absolute Gasteiger partial charge is 0.245 e. The van der Waals surface area contributed by atoms with Gasteiger partial charge in [-0.15, -0.1) is 0 Å². The van der Waals surface area contributed by atoms with Gasteiger partial charge in [-0.2, -0.15) is 4.31 Å². The first kappa shape index (κ1) is 15.3. The molecule has 0 amide bonds. The average Bonchev–Trinajstić information content (AvgIpc) is 2.38. The van der Waals surface area contributed by atoms with Crippen LogP contribution in [0.3, 0.4) is 0 Å². The summed E-state index contributed by atoms with van der Waals surface area (Å²) >= 11 is 0. The highest BCUT2D eigenvalue weighted by molar-refractivity contribution is 7.89. The van der Waals surface area contributed by atoms with E-state index in [1.54, 1.807) is 22.5 Å². The number of hydrogen-bond donors (Lipinski definition) is 1. The highest BCUT2D eigenvalue weighted by Gasteiger charge is 2.31. The van der Waals surface area contributed by atoms with Crippen molar-refractivity contribution in [3.05, 3.63) is 23.8 Å². The van der Waals surface area contributed by atoms with Crippen LogP contribution in [0.15, 0.2) is 23.1 Å². The second-order valence-electron chi connectivity index (χ2n) is 5.64. The minimum absolute atomic E-state index is 0.228. The second kappa shape index (κ2) is 5.71. The SMILES string of the molecule is Cc1ccc(S(=O)(=O)N2CCC(N(C)C)CC2)c(N)c1. The van der Waals surface area contributed by atoms with Crippen LogP contribution in [0.25, 0.3) is 0 Å². The van der Waals surface area contributed by atoms with Gasteiger partial charge in [0.25, 0.3) is 0 Å². The van der Waals surface area contributed by atoms with Crippen LogP contribution < -0.4 is 5.73 Å². The Labute approximate surface area is 121 Å². The summed E-state index contributed by atoms with van der Waals surface area (Å²) in [5.41, 5.74) is 7.17. The topological polar surface area (TPSA) is 66.6 Å². The lowest BCUT2D eigenvalue weighted by Crippen LogP contribution is -2.44. The van der Waals surface area contributed by atoms with Crippen LogP contribution >= 0.6 is 0 Å². The van der Waals surface area contributed by atoms with E-state index in [1.165, 1.54) is 0 Å². The second-order valence-corrected chi connectivity index (χ2v) is 7.55. The van der Waals surface area contributed by atoms with E-state index in [-0.39, 0.29) is 4.90 Å². The molecule has 0 aromatic heterocycles. The van der Waals surface area contributed by atoms with E-state index < -0.39 is 10.0 Å². The van der Waals surface area contributed by atoms with Crippen LogP contribution in [0, 0.1) is 6.92 Å². The maximum Gasteiger partial charge on any atom is 0.245 e. The Morgan fingerprint density at radius 2 is 1.85 bits per heavy atom. The van der Waals surface area contributed by atoms with Crippen molar-refractivity contribution in [3.8, 4) is 0 Å². The summed E-state index contributed by atoms with van der Waals surface area (Å²) in [7, 11) is 0.600. The minimum Gasteiger partial charge on any atom is -0.398 e. The molecule has 1 heterocycles. The summed E-state index contributed by atoms with van der Waals surface area (Å²) in [5, 5.41) is 0. The number of sulfonamides is 1. The van der Waals surface area contributed by atoms with Gasteiger partial charge in [-0.1, -0.05) is 6.07 Å². The molecule has 1 aliphatic heterocycles. The number of rotatable bonds is 3. The number of nitrogen functional groups attached to an aromatic ring is 1. The molecule has 0 radical (unpaired) electrons. The fourth-order valence-corrected chi connectivity index (χ4v) is 4.21. The van der Waals surface area contributed by atoms with Crippen molar-refractivity contribution in [2.24, 2.45) is 0 Å². The van der Waals surface area contributed by atoms with E-state index in [1.807, 2.05) is 21.0 Å². The van der Waals surface area contributed by atoms with Crippen LogP contribution in [0.1, 0.15) is 18.4 Å². The summed E-state index contributed by atoms with van der Waals surface area (Å²) in [4.78, 5) is 2.39. The van der Waals surface area contributed by atoms with E-state index in [0.29, 0.717) is 24.8 Å². The van der Waals surface area contributed by atoms with Gasteiger partial charge in [-0.3, -0.25) is 0 Å². The van der Waals surface area contributed by atoms with E-state index in [0.717, 1.165) is 18.4 Å². The highest BCUT2D eigenvalue weighted by Crippen LogP contribution is 2.26. The molecule has 1 aliphatic rings. The quantitative estimate of drug-likeness (QED) is 0.854. The van der Waals surface area contributed by atoms with Crippen molar-refractivity contribution in [1.29, 1.82) is 0 Å². The van der Waals surface area contributed by atoms with Crippen LogP contribution in [0.5, 0.6) is 0 Å². The van der Waals surface area contributed by atoms with Crippen molar-refractivity contribution in [3.63, 3.8) is 0 Å². The first-order valence-corrected chi connectivity index (χ1v) is 8.29. The third kappa shape index (κ3) is 2.97. The molecule has 2 N–H and O–H groups in total. The third-order valence-electron chi connectivity index (χ3n) is 3.94.